The summed E-state index contributed by atoms with van der Waals surface area (Å²) < 4.78 is 11.1. The van der Waals surface area contributed by atoms with Gasteiger partial charge in [0.2, 0.25) is 5.88 Å². The van der Waals surface area contributed by atoms with Gasteiger partial charge in [-0.3, -0.25) is 0 Å². The van der Waals surface area contributed by atoms with Gasteiger partial charge in [0, 0.05) is 11.8 Å². The first-order chi connectivity index (χ1) is 9.75. The monoisotopic (exact) mass is 273 g/mol. The van der Waals surface area contributed by atoms with Crippen LogP contribution in [0.4, 0.5) is 0 Å². The van der Waals surface area contributed by atoms with E-state index >= 15 is 0 Å². The molecule has 1 N–H and O–H groups in total. The molecule has 0 radical (unpaired) electrons. The maximum absolute atomic E-state index is 9.24. The highest BCUT2D eigenvalue weighted by Crippen LogP contribution is 2.24. The number of ether oxygens (including phenoxy) is 2. The van der Waals surface area contributed by atoms with Gasteiger partial charge < -0.3 is 14.6 Å². The summed E-state index contributed by atoms with van der Waals surface area (Å²) in [6.07, 6.45) is 0.799. The van der Waals surface area contributed by atoms with Crippen LogP contribution in [0.5, 0.6) is 17.4 Å². The molecule has 0 saturated heterocycles. The van der Waals surface area contributed by atoms with Gasteiger partial charge in [-0.25, -0.2) is 4.98 Å². The van der Waals surface area contributed by atoms with Crippen LogP contribution in [-0.2, 0) is 13.0 Å². The molecule has 0 atom stereocenters. The Bertz CT molecular complexity index is 530. The largest absolute Gasteiger partial charge is 0.494 e. The highest BCUT2D eigenvalue weighted by molar-refractivity contribution is 5.34. The molecule has 0 fully saturated rings. The van der Waals surface area contributed by atoms with Crippen molar-refractivity contribution in [3.63, 3.8) is 0 Å². The third-order valence-electron chi connectivity index (χ3n) is 2.82. The maximum atomic E-state index is 9.24. The van der Waals surface area contributed by atoms with E-state index in [1.165, 1.54) is 0 Å². The Morgan fingerprint density at radius 2 is 1.75 bits per heavy atom. The highest BCUT2D eigenvalue weighted by Gasteiger charge is 2.04. The second-order valence-corrected chi connectivity index (χ2v) is 4.32. The number of aryl methyl sites for hydroxylation is 1. The van der Waals surface area contributed by atoms with Gasteiger partial charge >= 0.3 is 0 Å². The Labute approximate surface area is 119 Å². The number of aromatic nitrogens is 1. The van der Waals surface area contributed by atoms with Gasteiger partial charge in [-0.1, -0.05) is 6.92 Å². The minimum absolute atomic E-state index is 0.0187. The Balaban J connectivity index is 2.16. The zero-order valence-electron chi connectivity index (χ0n) is 11.8. The first-order valence-electron chi connectivity index (χ1n) is 6.76. The van der Waals surface area contributed by atoms with Gasteiger partial charge in [0.1, 0.15) is 11.5 Å². The average molecular weight is 273 g/mol. The van der Waals surface area contributed by atoms with Gasteiger partial charge in [-0.15, -0.1) is 0 Å². The minimum atomic E-state index is -0.0187. The van der Waals surface area contributed by atoms with Crippen molar-refractivity contribution in [3.8, 4) is 17.4 Å². The van der Waals surface area contributed by atoms with Crippen molar-refractivity contribution in [2.24, 2.45) is 0 Å². The summed E-state index contributed by atoms with van der Waals surface area (Å²) in [5, 5.41) is 9.24. The second kappa shape index (κ2) is 6.91. The highest BCUT2D eigenvalue weighted by atomic mass is 16.5. The lowest BCUT2D eigenvalue weighted by Crippen LogP contribution is -1.96. The summed E-state index contributed by atoms with van der Waals surface area (Å²) in [6, 6.07) is 11.0. The molecule has 0 aliphatic carbocycles. The molecule has 0 aliphatic heterocycles. The Morgan fingerprint density at radius 3 is 2.35 bits per heavy atom. The maximum Gasteiger partial charge on any atom is 0.219 e. The zero-order chi connectivity index (χ0) is 14.4. The number of rotatable bonds is 6. The van der Waals surface area contributed by atoms with E-state index in [-0.39, 0.29) is 6.61 Å². The van der Waals surface area contributed by atoms with Gasteiger partial charge in [-0.05, 0) is 49.2 Å². The summed E-state index contributed by atoms with van der Waals surface area (Å²) in [5.74, 6) is 2.00. The summed E-state index contributed by atoms with van der Waals surface area (Å²) in [7, 11) is 0. The number of nitrogens with zero attached hydrogens (tertiary/aromatic N) is 1. The van der Waals surface area contributed by atoms with Crippen molar-refractivity contribution >= 4 is 0 Å². The topological polar surface area (TPSA) is 51.6 Å². The molecule has 1 aromatic heterocycles. The van der Waals surface area contributed by atoms with E-state index < -0.39 is 0 Å². The van der Waals surface area contributed by atoms with E-state index in [0.29, 0.717) is 18.2 Å². The fraction of sp³-hybridized carbons (Fsp3) is 0.312. The first kappa shape index (κ1) is 14.3. The van der Waals surface area contributed by atoms with Crippen LogP contribution in [0.2, 0.25) is 0 Å². The van der Waals surface area contributed by atoms with Crippen LogP contribution in [0.1, 0.15) is 25.1 Å². The molecular formula is C16H19NO3. The van der Waals surface area contributed by atoms with E-state index in [9.17, 15) is 5.11 Å². The Hall–Kier alpha value is -2.07. The van der Waals surface area contributed by atoms with Crippen LogP contribution in [0.3, 0.4) is 0 Å². The van der Waals surface area contributed by atoms with Crippen LogP contribution in [-0.4, -0.2) is 16.7 Å². The van der Waals surface area contributed by atoms with Crippen molar-refractivity contribution in [2.75, 3.05) is 6.61 Å². The normalized spacial score (nSPS) is 10.3. The molecule has 0 amide bonds. The summed E-state index contributed by atoms with van der Waals surface area (Å²) in [6.45, 7) is 4.58. The van der Waals surface area contributed by atoms with Crippen LogP contribution in [0.25, 0.3) is 0 Å². The zero-order valence-corrected chi connectivity index (χ0v) is 11.8. The number of aliphatic hydroxyl groups excluding tert-OH is 1. The smallest absolute Gasteiger partial charge is 0.219 e. The van der Waals surface area contributed by atoms with E-state index in [1.807, 2.05) is 44.2 Å². The molecule has 2 rings (SSSR count). The van der Waals surface area contributed by atoms with Crippen LogP contribution >= 0.6 is 0 Å². The lowest BCUT2D eigenvalue weighted by Gasteiger charge is -2.09. The molecule has 0 bridgehead atoms. The van der Waals surface area contributed by atoms with E-state index in [1.54, 1.807) is 6.07 Å². The fourth-order valence-corrected chi connectivity index (χ4v) is 1.84. The van der Waals surface area contributed by atoms with E-state index in [0.717, 1.165) is 23.4 Å². The second-order valence-electron chi connectivity index (χ2n) is 4.32. The van der Waals surface area contributed by atoms with Gasteiger partial charge in [0.05, 0.1) is 13.2 Å². The van der Waals surface area contributed by atoms with Crippen LogP contribution < -0.4 is 9.47 Å². The van der Waals surface area contributed by atoms with E-state index in [2.05, 4.69) is 4.98 Å². The summed E-state index contributed by atoms with van der Waals surface area (Å²) >= 11 is 0. The molecule has 0 unspecified atom stereocenters. The molecule has 20 heavy (non-hydrogen) atoms. The molecular weight excluding hydrogens is 254 g/mol. The molecule has 1 heterocycles. The van der Waals surface area contributed by atoms with Crippen molar-refractivity contribution in [1.29, 1.82) is 0 Å². The fourth-order valence-electron chi connectivity index (χ4n) is 1.84. The molecule has 0 aliphatic rings. The molecule has 2 aromatic rings. The van der Waals surface area contributed by atoms with Crippen molar-refractivity contribution < 1.29 is 14.6 Å². The van der Waals surface area contributed by atoms with Crippen molar-refractivity contribution in [1.82, 2.24) is 4.98 Å². The summed E-state index contributed by atoms with van der Waals surface area (Å²) in [4.78, 5) is 4.39. The minimum Gasteiger partial charge on any atom is -0.494 e. The SMILES string of the molecule is CCOc1ccc(Oc2cc(CO)cc(CC)n2)cc1. The van der Waals surface area contributed by atoms with Crippen molar-refractivity contribution in [2.45, 2.75) is 26.9 Å². The van der Waals surface area contributed by atoms with Crippen molar-refractivity contribution in [3.05, 3.63) is 47.7 Å². The number of aliphatic hydroxyl groups is 1. The van der Waals surface area contributed by atoms with Crippen LogP contribution in [0.15, 0.2) is 36.4 Å². The third-order valence-corrected chi connectivity index (χ3v) is 2.82. The average Bonchev–Trinajstić information content (AvgIpc) is 2.49. The third kappa shape index (κ3) is 3.71. The lowest BCUT2D eigenvalue weighted by atomic mass is 10.2. The number of hydrogen-bond acceptors (Lipinski definition) is 4. The lowest BCUT2D eigenvalue weighted by molar-refractivity contribution is 0.281. The molecule has 4 nitrogen and oxygen atoms in total. The molecule has 1 aromatic carbocycles. The Morgan fingerprint density at radius 1 is 1.05 bits per heavy atom. The van der Waals surface area contributed by atoms with Gasteiger partial charge in [0.15, 0.2) is 0 Å². The van der Waals surface area contributed by atoms with Gasteiger partial charge in [-0.2, -0.15) is 0 Å². The van der Waals surface area contributed by atoms with E-state index in [4.69, 9.17) is 9.47 Å². The predicted octanol–water partition coefficient (Wildman–Crippen LogP) is 3.33. The number of benzene rings is 1. The molecule has 0 saturated carbocycles. The Kier molecular flexibility index (Phi) is 4.96. The number of pyridine rings is 1. The van der Waals surface area contributed by atoms with Gasteiger partial charge in [0.25, 0.3) is 0 Å². The summed E-state index contributed by atoms with van der Waals surface area (Å²) in [5.41, 5.74) is 1.70. The number of hydrogen-bond donors (Lipinski definition) is 1. The van der Waals surface area contributed by atoms with Crippen LogP contribution in [0, 0.1) is 0 Å². The predicted molar refractivity (Wildman–Crippen MR) is 77.2 cm³/mol. The first-order valence-corrected chi connectivity index (χ1v) is 6.76. The molecule has 106 valence electrons. The standard InChI is InChI=1S/C16H19NO3/c1-3-13-9-12(11-18)10-16(17-13)20-15-7-5-14(6-8-15)19-4-2/h5-10,18H,3-4,11H2,1-2H3. The molecule has 4 heteroatoms. The molecule has 0 spiro atoms. The quantitative estimate of drug-likeness (QED) is 0.877.